The molecule has 0 aliphatic heterocycles. The summed E-state index contributed by atoms with van der Waals surface area (Å²) in [5.74, 6) is 1.58. The number of rotatable bonds is 4. The number of Topliss-reactive ketones (excluding diaryl/α,β-unsaturated/α-hetero) is 1. The summed E-state index contributed by atoms with van der Waals surface area (Å²) in [5.41, 5.74) is 0.918. The summed E-state index contributed by atoms with van der Waals surface area (Å²) >= 11 is 2.82. The molecule has 2 rings (SSSR count). The van der Waals surface area contributed by atoms with Crippen molar-refractivity contribution in [3.05, 3.63) is 9.81 Å². The van der Waals surface area contributed by atoms with Gasteiger partial charge in [-0.3, -0.25) is 4.79 Å². The summed E-state index contributed by atoms with van der Waals surface area (Å²) in [6.07, 6.45) is 3.10. The molecule has 0 saturated heterocycles. The van der Waals surface area contributed by atoms with Crippen molar-refractivity contribution >= 4 is 29.3 Å². The lowest BCUT2D eigenvalue weighted by atomic mass is 9.95. The molecule has 0 heterocycles. The Morgan fingerprint density at radius 3 is 2.24 bits per heavy atom. The van der Waals surface area contributed by atoms with Crippen LogP contribution in [-0.2, 0) is 4.79 Å². The minimum atomic E-state index is 0.218. The Hall–Kier alpha value is -0.910. The average Bonchev–Trinajstić information content (AvgIpc) is 2.91. The number of allylic oxidation sites excluding steroid dienone is 1. The molecule has 0 aromatic carbocycles. The fourth-order valence-electron chi connectivity index (χ4n) is 2.56. The third-order valence-corrected chi connectivity index (χ3v) is 5.45. The molecule has 2 atom stereocenters. The molecule has 0 radical (unpaired) electrons. The monoisotopic (exact) mass is 264 g/mol. The van der Waals surface area contributed by atoms with Crippen LogP contribution in [0.25, 0.3) is 0 Å². The van der Waals surface area contributed by atoms with Crippen molar-refractivity contribution in [2.45, 2.75) is 19.3 Å². The zero-order valence-corrected chi connectivity index (χ0v) is 10.9. The highest BCUT2D eigenvalue weighted by Gasteiger charge is 2.44. The van der Waals surface area contributed by atoms with E-state index in [0.717, 1.165) is 29.1 Å². The maximum atomic E-state index is 12.1. The van der Waals surface area contributed by atoms with Crippen molar-refractivity contribution in [1.29, 1.82) is 10.5 Å². The van der Waals surface area contributed by atoms with Gasteiger partial charge in [-0.25, -0.2) is 0 Å². The lowest BCUT2D eigenvalue weighted by Gasteiger charge is -2.16. The van der Waals surface area contributed by atoms with E-state index in [-0.39, 0.29) is 11.7 Å². The molecule has 2 bridgehead atoms. The fraction of sp³-hybridized carbons (Fsp3) is 0.583. The quantitative estimate of drug-likeness (QED) is 0.730. The number of ketones is 1. The standard InChI is InChI=1S/C12H12N2OS2/c13-3-5-16-12(17-6-4-14)10-8-1-2-9(7-8)11(10)15/h8-9H,1-2,5-7H2/t8-,9+/m1/s1. The molecule has 0 aromatic heterocycles. The normalized spacial score (nSPS) is 25.8. The zero-order valence-electron chi connectivity index (χ0n) is 9.31. The molecule has 17 heavy (non-hydrogen) atoms. The maximum Gasteiger partial charge on any atom is 0.163 e. The SMILES string of the molecule is N#CCSC(SCC#N)=C1C(=O)[C@H]2CC[C@@H]1C2. The molecule has 0 N–H and O–H groups in total. The van der Waals surface area contributed by atoms with E-state index in [4.69, 9.17) is 10.5 Å². The largest absolute Gasteiger partial charge is 0.294 e. The highest BCUT2D eigenvalue weighted by atomic mass is 32.2. The van der Waals surface area contributed by atoms with Crippen molar-refractivity contribution in [3.63, 3.8) is 0 Å². The summed E-state index contributed by atoms with van der Waals surface area (Å²) in [6.45, 7) is 0. The van der Waals surface area contributed by atoms with Crippen LogP contribution in [0.15, 0.2) is 9.81 Å². The second-order valence-electron chi connectivity index (χ2n) is 4.17. The van der Waals surface area contributed by atoms with Crippen molar-refractivity contribution in [2.24, 2.45) is 11.8 Å². The van der Waals surface area contributed by atoms with Crippen LogP contribution in [0, 0.1) is 34.5 Å². The van der Waals surface area contributed by atoms with E-state index in [1.807, 2.05) is 0 Å². The first-order valence-corrected chi connectivity index (χ1v) is 7.53. The van der Waals surface area contributed by atoms with E-state index in [1.165, 1.54) is 23.5 Å². The number of hydrogen-bond donors (Lipinski definition) is 0. The number of hydrogen-bond acceptors (Lipinski definition) is 5. The van der Waals surface area contributed by atoms with Crippen LogP contribution in [0.1, 0.15) is 19.3 Å². The van der Waals surface area contributed by atoms with E-state index in [2.05, 4.69) is 12.1 Å². The minimum Gasteiger partial charge on any atom is -0.294 e. The van der Waals surface area contributed by atoms with Gasteiger partial charge in [0.2, 0.25) is 0 Å². The zero-order chi connectivity index (χ0) is 12.3. The Morgan fingerprint density at radius 1 is 1.18 bits per heavy atom. The van der Waals surface area contributed by atoms with Crippen LogP contribution in [0.4, 0.5) is 0 Å². The molecule has 88 valence electrons. The van der Waals surface area contributed by atoms with Gasteiger partial charge in [-0.15, -0.1) is 23.5 Å². The van der Waals surface area contributed by atoms with Gasteiger partial charge < -0.3 is 0 Å². The molecular weight excluding hydrogens is 252 g/mol. The lowest BCUT2D eigenvalue weighted by Crippen LogP contribution is -2.13. The molecule has 0 aromatic rings. The topological polar surface area (TPSA) is 64.7 Å². The first-order chi connectivity index (χ1) is 8.27. The number of carbonyl (C=O) groups is 1. The second kappa shape index (κ2) is 5.62. The van der Waals surface area contributed by atoms with E-state index >= 15 is 0 Å². The molecule has 0 unspecified atom stereocenters. The predicted molar refractivity (Wildman–Crippen MR) is 69.0 cm³/mol. The summed E-state index contributed by atoms with van der Waals surface area (Å²) < 4.78 is 0.922. The van der Waals surface area contributed by atoms with E-state index in [1.54, 1.807) is 0 Å². The van der Waals surface area contributed by atoms with Gasteiger partial charge in [0.05, 0.1) is 23.6 Å². The van der Waals surface area contributed by atoms with E-state index < -0.39 is 0 Å². The number of thioether (sulfide) groups is 2. The molecule has 2 saturated carbocycles. The Labute approximate surface area is 109 Å². The van der Waals surface area contributed by atoms with Crippen molar-refractivity contribution in [2.75, 3.05) is 11.5 Å². The van der Waals surface area contributed by atoms with Gasteiger partial charge in [-0.2, -0.15) is 10.5 Å². The highest BCUT2D eigenvalue weighted by molar-refractivity contribution is 8.22. The number of carbonyl (C=O) groups excluding carboxylic acids is 1. The van der Waals surface area contributed by atoms with E-state index in [9.17, 15) is 4.79 Å². The molecule has 2 aliphatic rings. The summed E-state index contributed by atoms with van der Waals surface area (Å²) in [4.78, 5) is 12.1. The van der Waals surface area contributed by atoms with Crippen LogP contribution in [-0.4, -0.2) is 17.3 Å². The third kappa shape index (κ3) is 2.51. The van der Waals surface area contributed by atoms with Gasteiger partial charge in [0.15, 0.2) is 5.78 Å². The lowest BCUT2D eigenvalue weighted by molar-refractivity contribution is -0.118. The van der Waals surface area contributed by atoms with Gasteiger partial charge in [0, 0.05) is 15.7 Å². The predicted octanol–water partition coefficient (Wildman–Crippen LogP) is 2.71. The summed E-state index contributed by atoms with van der Waals surface area (Å²) in [7, 11) is 0. The van der Waals surface area contributed by atoms with Crippen LogP contribution in [0.5, 0.6) is 0 Å². The van der Waals surface area contributed by atoms with Crippen molar-refractivity contribution < 1.29 is 4.79 Å². The molecule has 0 amide bonds. The Balaban J connectivity index is 2.20. The molecule has 2 fully saturated rings. The van der Waals surface area contributed by atoms with Gasteiger partial charge in [-0.05, 0) is 25.2 Å². The molecule has 0 spiro atoms. The Bertz CT molecular complexity index is 424. The average molecular weight is 264 g/mol. The fourth-order valence-corrected chi connectivity index (χ4v) is 4.49. The van der Waals surface area contributed by atoms with Gasteiger partial charge in [0.25, 0.3) is 0 Å². The second-order valence-corrected chi connectivity index (χ2v) is 6.40. The smallest absolute Gasteiger partial charge is 0.163 e. The molecule has 2 aliphatic carbocycles. The van der Waals surface area contributed by atoms with Crippen LogP contribution in [0.3, 0.4) is 0 Å². The van der Waals surface area contributed by atoms with Crippen molar-refractivity contribution in [3.8, 4) is 12.1 Å². The number of nitriles is 2. The maximum absolute atomic E-state index is 12.1. The van der Waals surface area contributed by atoms with E-state index in [0.29, 0.717) is 17.4 Å². The number of nitrogens with zero attached hydrogens (tertiary/aromatic N) is 2. The minimum absolute atomic E-state index is 0.218. The molecular formula is C12H12N2OS2. The van der Waals surface area contributed by atoms with Gasteiger partial charge >= 0.3 is 0 Å². The molecule has 5 heteroatoms. The molecule has 3 nitrogen and oxygen atoms in total. The first-order valence-electron chi connectivity index (χ1n) is 5.55. The highest BCUT2D eigenvalue weighted by Crippen LogP contribution is 2.50. The van der Waals surface area contributed by atoms with Crippen LogP contribution in [0.2, 0.25) is 0 Å². The first kappa shape index (κ1) is 12.5. The third-order valence-electron chi connectivity index (χ3n) is 3.23. The van der Waals surface area contributed by atoms with Gasteiger partial charge in [0.1, 0.15) is 0 Å². The summed E-state index contributed by atoms with van der Waals surface area (Å²) in [6, 6.07) is 4.16. The Morgan fingerprint density at radius 2 is 1.76 bits per heavy atom. The van der Waals surface area contributed by atoms with Crippen LogP contribution < -0.4 is 0 Å². The Kier molecular flexibility index (Phi) is 4.15. The number of fused-ring (bicyclic) bond motifs is 2. The van der Waals surface area contributed by atoms with Crippen LogP contribution >= 0.6 is 23.5 Å². The van der Waals surface area contributed by atoms with Crippen molar-refractivity contribution in [1.82, 2.24) is 0 Å². The summed E-state index contributed by atoms with van der Waals surface area (Å²) in [5, 5.41) is 17.3. The van der Waals surface area contributed by atoms with Gasteiger partial charge in [-0.1, -0.05) is 0 Å².